The summed E-state index contributed by atoms with van der Waals surface area (Å²) in [5.74, 6) is 2.70. The molecule has 0 fully saturated rings. The summed E-state index contributed by atoms with van der Waals surface area (Å²) in [6.07, 6.45) is 8.84. The Bertz CT molecular complexity index is 4750. The second kappa shape index (κ2) is 17.8. The van der Waals surface area contributed by atoms with E-state index in [4.69, 9.17) is 9.47 Å². The quantitative estimate of drug-likeness (QED) is 0.166. The van der Waals surface area contributed by atoms with Crippen LogP contribution in [0.1, 0.15) is 68.1 Å². The Balaban J connectivity index is 0.868. The normalized spacial score (nSPS) is 19.1. The van der Waals surface area contributed by atoms with Crippen molar-refractivity contribution in [3.05, 3.63) is 371 Å². The van der Waals surface area contributed by atoms with Gasteiger partial charge < -0.3 is 14.4 Å². The predicted octanol–water partition coefficient (Wildman–Crippen LogP) is 19.9. The van der Waals surface area contributed by atoms with Crippen molar-refractivity contribution in [1.29, 1.82) is 0 Å². The number of rotatable bonds is 6. The van der Waals surface area contributed by atoms with Crippen LogP contribution in [0, 0.1) is 5.41 Å². The Morgan fingerprint density at radius 1 is 0.318 bits per heavy atom. The van der Waals surface area contributed by atoms with E-state index in [-0.39, 0.29) is 6.10 Å². The third kappa shape index (κ3) is 6.24. The molecule has 0 saturated carbocycles. The Morgan fingerprint density at radius 2 is 0.788 bits per heavy atom. The van der Waals surface area contributed by atoms with Crippen molar-refractivity contribution < 1.29 is 9.47 Å². The maximum Gasteiger partial charge on any atom is 0.132 e. The Labute approximate surface area is 495 Å². The van der Waals surface area contributed by atoms with E-state index in [9.17, 15) is 0 Å². The smallest absolute Gasteiger partial charge is 0.132 e. The van der Waals surface area contributed by atoms with E-state index in [2.05, 4.69) is 321 Å². The summed E-state index contributed by atoms with van der Waals surface area (Å²) >= 11 is 0. The predicted molar refractivity (Wildman–Crippen MR) is 344 cm³/mol. The molecule has 0 radical (unpaired) electrons. The van der Waals surface area contributed by atoms with Crippen molar-refractivity contribution in [3.8, 4) is 61.8 Å². The third-order valence-corrected chi connectivity index (χ3v) is 20.1. The molecule has 3 nitrogen and oxygen atoms in total. The van der Waals surface area contributed by atoms with Gasteiger partial charge in [-0.25, -0.2) is 0 Å². The number of para-hydroxylation sites is 3. The average molecular weight is 1090 g/mol. The summed E-state index contributed by atoms with van der Waals surface area (Å²) < 4.78 is 13.7. The Morgan fingerprint density at radius 3 is 1.46 bits per heavy atom. The molecule has 2 spiro atoms. The van der Waals surface area contributed by atoms with E-state index < -0.39 is 21.7 Å². The van der Waals surface area contributed by atoms with Crippen molar-refractivity contribution in [2.45, 2.75) is 29.3 Å². The molecule has 0 amide bonds. The van der Waals surface area contributed by atoms with E-state index in [1.165, 1.54) is 83.5 Å². The van der Waals surface area contributed by atoms with E-state index in [0.29, 0.717) is 0 Å². The standard InChI is InChI=1S/C82H55NO2/c1-79-48-21-20-41-78(79)85-77-40-19-16-37-73(77)82(79)69-34-13-10-31-62(69)65-52-59(44-47-70(65)82)83(58-43-46-68-64(51-58)61-30-9-12-33-67(61)81(68)71-35-14-17-38-75(71)84-76-39-18-15-36-72(76)81)57-28-22-23-53(49-57)54-42-45-63-60-29-8-11-32-66(60)80(74(63)50-54,55-24-4-2-5-25-55)56-26-6-3-7-27-56/h2-52,78H,1H3/t78?,79?,82-/m1/s1. The summed E-state index contributed by atoms with van der Waals surface area (Å²) in [6, 6.07) is 106. The molecule has 2 aliphatic heterocycles. The van der Waals surface area contributed by atoms with E-state index in [1.54, 1.807) is 0 Å². The van der Waals surface area contributed by atoms with Crippen molar-refractivity contribution in [2.24, 2.45) is 5.41 Å². The summed E-state index contributed by atoms with van der Waals surface area (Å²) in [5, 5.41) is 0. The molecule has 0 saturated heterocycles. The number of fused-ring (bicyclic) bond motifs is 21. The molecular formula is C82H55NO2. The first-order valence-corrected chi connectivity index (χ1v) is 29.8. The van der Waals surface area contributed by atoms with Gasteiger partial charge in [0.25, 0.3) is 0 Å². The highest BCUT2D eigenvalue weighted by atomic mass is 16.5. The van der Waals surface area contributed by atoms with Crippen molar-refractivity contribution in [3.63, 3.8) is 0 Å². The number of nitrogens with zero attached hydrogens (tertiary/aromatic N) is 1. The van der Waals surface area contributed by atoms with Gasteiger partial charge in [0, 0.05) is 39.2 Å². The molecule has 12 aromatic carbocycles. The molecule has 3 heteroatoms. The van der Waals surface area contributed by atoms with Gasteiger partial charge in [-0.2, -0.15) is 0 Å². The van der Waals surface area contributed by atoms with Crippen LogP contribution in [0.3, 0.4) is 0 Å². The van der Waals surface area contributed by atoms with Crippen molar-refractivity contribution >= 4 is 17.1 Å². The second-order valence-corrected chi connectivity index (χ2v) is 23.9. The van der Waals surface area contributed by atoms with Gasteiger partial charge in [-0.3, -0.25) is 0 Å². The lowest BCUT2D eigenvalue weighted by Crippen LogP contribution is -2.55. The molecule has 6 aliphatic rings. The van der Waals surface area contributed by atoms with Crippen LogP contribution in [-0.4, -0.2) is 6.10 Å². The molecular weight excluding hydrogens is 1030 g/mol. The van der Waals surface area contributed by atoms with Gasteiger partial charge in [-0.1, -0.05) is 250 Å². The molecule has 0 aromatic heterocycles. The van der Waals surface area contributed by atoms with Gasteiger partial charge in [0.1, 0.15) is 23.4 Å². The fourth-order valence-corrected chi connectivity index (χ4v) is 16.7. The minimum absolute atomic E-state index is 0.170. The molecule has 18 rings (SSSR count). The van der Waals surface area contributed by atoms with Crippen LogP contribution >= 0.6 is 0 Å². The van der Waals surface area contributed by atoms with E-state index in [0.717, 1.165) is 56.6 Å². The van der Waals surface area contributed by atoms with Crippen LogP contribution in [0.25, 0.3) is 44.5 Å². The minimum Gasteiger partial charge on any atom is -0.485 e. The lowest BCUT2D eigenvalue weighted by atomic mass is 9.52. The SMILES string of the molecule is CC12C=CC=CC1Oc1ccccc1[C@]21c2ccccc2-c2cc(N(c3cccc(-c4ccc5c(c4)C(c4ccccc4)(c4ccccc4)c4ccccc4-5)c3)c3ccc4c(c3)-c3ccccc3C43c4ccccc4Oc4ccccc43)ccc21. The van der Waals surface area contributed by atoms with Crippen LogP contribution in [0.15, 0.2) is 309 Å². The molecule has 2 unspecified atom stereocenters. The molecule has 4 aliphatic carbocycles. The van der Waals surface area contributed by atoms with Gasteiger partial charge in [0.15, 0.2) is 0 Å². The summed E-state index contributed by atoms with van der Waals surface area (Å²) in [6.45, 7) is 2.40. The number of allylic oxidation sites excluding steroid dienone is 2. The van der Waals surface area contributed by atoms with Crippen molar-refractivity contribution in [1.82, 2.24) is 0 Å². The zero-order valence-electron chi connectivity index (χ0n) is 46.8. The van der Waals surface area contributed by atoms with Crippen LogP contribution in [0.5, 0.6) is 17.2 Å². The van der Waals surface area contributed by atoms with Crippen molar-refractivity contribution in [2.75, 3.05) is 4.90 Å². The third-order valence-electron chi connectivity index (χ3n) is 20.1. The van der Waals surface area contributed by atoms with E-state index in [1.807, 2.05) is 0 Å². The molecule has 3 atom stereocenters. The van der Waals surface area contributed by atoms with Crippen LogP contribution in [-0.2, 0) is 16.2 Å². The van der Waals surface area contributed by atoms with Gasteiger partial charge >= 0.3 is 0 Å². The van der Waals surface area contributed by atoms with Crippen LogP contribution in [0.2, 0.25) is 0 Å². The first-order valence-electron chi connectivity index (χ1n) is 29.8. The molecule has 2 heterocycles. The largest absolute Gasteiger partial charge is 0.485 e. The number of hydrogen-bond donors (Lipinski definition) is 0. The summed E-state index contributed by atoms with van der Waals surface area (Å²) in [4.78, 5) is 2.50. The first kappa shape index (κ1) is 48.1. The van der Waals surface area contributed by atoms with Gasteiger partial charge in [-0.05, 0) is 156 Å². The molecule has 0 bridgehead atoms. The maximum atomic E-state index is 6.97. The zero-order valence-corrected chi connectivity index (χ0v) is 46.8. The average Bonchev–Trinajstić information content (AvgIpc) is 1.66. The van der Waals surface area contributed by atoms with Crippen LogP contribution < -0.4 is 14.4 Å². The monoisotopic (exact) mass is 1090 g/mol. The Hall–Kier alpha value is -10.5. The van der Waals surface area contributed by atoms with E-state index >= 15 is 0 Å². The highest BCUT2D eigenvalue weighted by molar-refractivity contribution is 5.95. The fourth-order valence-electron chi connectivity index (χ4n) is 16.7. The van der Waals surface area contributed by atoms with Crippen LogP contribution in [0.4, 0.5) is 17.1 Å². The number of anilines is 3. The highest BCUT2D eigenvalue weighted by Crippen LogP contribution is 2.68. The lowest BCUT2D eigenvalue weighted by molar-refractivity contribution is 0.0664. The second-order valence-electron chi connectivity index (χ2n) is 23.9. The Kier molecular flexibility index (Phi) is 10.1. The minimum atomic E-state index is -0.592. The molecule has 400 valence electrons. The maximum absolute atomic E-state index is 6.97. The highest BCUT2D eigenvalue weighted by Gasteiger charge is 2.62. The lowest BCUT2D eigenvalue weighted by Gasteiger charge is -2.54. The first-order chi connectivity index (χ1) is 42.0. The summed E-state index contributed by atoms with van der Waals surface area (Å²) in [7, 11) is 0. The van der Waals surface area contributed by atoms with Gasteiger partial charge in [0.05, 0.1) is 16.2 Å². The topological polar surface area (TPSA) is 21.7 Å². The molecule has 85 heavy (non-hydrogen) atoms. The number of hydrogen-bond acceptors (Lipinski definition) is 3. The fraction of sp³-hybridized carbons (Fsp3) is 0.0732. The molecule has 0 N–H and O–H groups in total. The number of benzene rings is 12. The molecule has 12 aromatic rings. The van der Waals surface area contributed by atoms with Gasteiger partial charge in [-0.15, -0.1) is 0 Å². The number of ether oxygens (including phenoxy) is 2. The zero-order chi connectivity index (χ0) is 56.1. The summed E-state index contributed by atoms with van der Waals surface area (Å²) in [5.41, 5.74) is 24.5. The van der Waals surface area contributed by atoms with Gasteiger partial charge in [0.2, 0.25) is 0 Å².